The molecule has 0 saturated heterocycles. The maximum atomic E-state index is 14.4. The summed E-state index contributed by atoms with van der Waals surface area (Å²) in [5.41, 5.74) is 4.12. The quantitative estimate of drug-likeness (QED) is 0.411. The van der Waals surface area contributed by atoms with E-state index in [0.29, 0.717) is 17.8 Å². The molecule has 6 heteroatoms. The molecule has 1 aromatic heterocycles. The number of methoxy groups -OCH3 is 1. The summed E-state index contributed by atoms with van der Waals surface area (Å²) in [7, 11) is 1.40. The highest BCUT2D eigenvalue weighted by Gasteiger charge is 2.63. The van der Waals surface area contributed by atoms with Crippen molar-refractivity contribution in [1.29, 1.82) is 0 Å². The molecule has 0 spiro atoms. The first-order valence-electron chi connectivity index (χ1n) is 10.9. The fourth-order valence-corrected chi connectivity index (χ4v) is 5.55. The van der Waals surface area contributed by atoms with Crippen molar-refractivity contribution in [3.05, 3.63) is 102 Å². The van der Waals surface area contributed by atoms with Crippen LogP contribution in [0.5, 0.6) is 0 Å². The lowest BCUT2D eigenvalue weighted by atomic mass is 9.74. The largest absolute Gasteiger partial charge is 0.468 e. The van der Waals surface area contributed by atoms with Gasteiger partial charge in [-0.1, -0.05) is 48.5 Å². The van der Waals surface area contributed by atoms with E-state index in [1.54, 1.807) is 6.07 Å². The number of esters is 1. The Kier molecular flexibility index (Phi) is 4.21. The third kappa shape index (κ3) is 2.58. The highest BCUT2D eigenvalue weighted by molar-refractivity contribution is 6.21. The number of ether oxygens (including phenoxy) is 1. The summed E-state index contributed by atoms with van der Waals surface area (Å²) in [4.78, 5) is 13.6. The minimum Gasteiger partial charge on any atom is -0.468 e. The number of rotatable bonds is 3. The van der Waals surface area contributed by atoms with Crippen molar-refractivity contribution in [2.24, 2.45) is 10.5 Å². The maximum absolute atomic E-state index is 14.4. The number of anilines is 1. The van der Waals surface area contributed by atoms with Crippen molar-refractivity contribution in [1.82, 2.24) is 4.57 Å². The van der Waals surface area contributed by atoms with Crippen LogP contribution in [0.1, 0.15) is 22.9 Å². The van der Waals surface area contributed by atoms with Crippen molar-refractivity contribution >= 4 is 28.3 Å². The van der Waals surface area contributed by atoms with Crippen molar-refractivity contribution in [2.45, 2.75) is 19.5 Å². The van der Waals surface area contributed by atoms with Gasteiger partial charge in [-0.3, -0.25) is 9.80 Å². The van der Waals surface area contributed by atoms with E-state index in [2.05, 4.69) is 23.6 Å². The molecule has 0 saturated carbocycles. The Morgan fingerprint density at radius 1 is 1.06 bits per heavy atom. The van der Waals surface area contributed by atoms with Crippen molar-refractivity contribution in [3.8, 4) is 0 Å². The van der Waals surface area contributed by atoms with E-state index in [4.69, 9.17) is 9.84 Å². The molecule has 0 aliphatic carbocycles. The molecular weight excluding hydrogens is 417 g/mol. The Morgan fingerprint density at radius 3 is 2.58 bits per heavy atom. The van der Waals surface area contributed by atoms with Gasteiger partial charge in [0.1, 0.15) is 17.6 Å². The number of carbonyl (C=O) groups is 1. The van der Waals surface area contributed by atoms with Crippen LogP contribution >= 0.6 is 0 Å². The number of carbonyl (C=O) groups excluding carboxylic acids is 1. The molecule has 3 aromatic carbocycles. The first-order chi connectivity index (χ1) is 16.1. The summed E-state index contributed by atoms with van der Waals surface area (Å²) in [6.45, 7) is 2.43. The van der Waals surface area contributed by atoms with Crippen LogP contribution in [0, 0.1) is 18.2 Å². The van der Waals surface area contributed by atoms with Crippen LogP contribution < -0.4 is 5.01 Å². The number of aryl methyl sites for hydroxylation is 1. The van der Waals surface area contributed by atoms with Crippen molar-refractivity contribution in [2.75, 3.05) is 12.1 Å². The Morgan fingerprint density at radius 2 is 1.82 bits per heavy atom. The van der Waals surface area contributed by atoms with Gasteiger partial charge in [0, 0.05) is 17.4 Å². The number of benzene rings is 3. The molecule has 6 rings (SSSR count). The number of hydrogen-bond donors (Lipinski definition) is 0. The van der Waals surface area contributed by atoms with Gasteiger partial charge in [0.25, 0.3) is 0 Å². The van der Waals surface area contributed by atoms with Crippen LogP contribution in [0.25, 0.3) is 10.9 Å². The van der Waals surface area contributed by atoms with Gasteiger partial charge in [-0.25, -0.2) is 4.39 Å². The second kappa shape index (κ2) is 7.04. The third-order valence-corrected chi connectivity index (χ3v) is 6.93. The van der Waals surface area contributed by atoms with Gasteiger partial charge >= 0.3 is 5.97 Å². The number of nitrogens with zero attached hydrogens (tertiary/aromatic N) is 3. The third-order valence-electron chi connectivity index (χ3n) is 6.93. The predicted octanol–water partition coefficient (Wildman–Crippen LogP) is 5.23. The van der Waals surface area contributed by atoms with Gasteiger partial charge in [-0.15, -0.1) is 0 Å². The fraction of sp³-hybridized carbons (Fsp3) is 0.185. The lowest BCUT2D eigenvalue weighted by molar-refractivity contribution is -0.149. The molecule has 2 atom stereocenters. The van der Waals surface area contributed by atoms with Crippen LogP contribution in [0.3, 0.4) is 0 Å². The first kappa shape index (κ1) is 19.7. The molecule has 2 aliphatic heterocycles. The van der Waals surface area contributed by atoms with E-state index in [0.717, 1.165) is 27.8 Å². The number of aromatic nitrogens is 1. The molecule has 0 bridgehead atoms. The standard InChI is InChI=1S/C27H22FN3O2/c1-17-21-13-6-7-14-22(21)30-16-27(26(32)33-2)24(23(17)30)29-31(20-11-4-3-5-12-20)25(27)18-9-8-10-19(28)15-18/h3-15,25H,16H2,1-2H3/t25-,27+/m1/s1. The van der Waals surface area contributed by atoms with E-state index in [-0.39, 0.29) is 11.8 Å². The van der Waals surface area contributed by atoms with Crippen molar-refractivity contribution in [3.63, 3.8) is 0 Å². The lowest BCUT2D eigenvalue weighted by Crippen LogP contribution is -2.44. The average molecular weight is 439 g/mol. The molecule has 5 nitrogen and oxygen atoms in total. The summed E-state index contributed by atoms with van der Waals surface area (Å²) in [5.74, 6) is -0.727. The zero-order valence-electron chi connectivity index (χ0n) is 18.3. The number of fused-ring (bicyclic) bond motifs is 5. The highest BCUT2D eigenvalue weighted by atomic mass is 19.1. The van der Waals surface area contributed by atoms with Crippen LogP contribution in [0.2, 0.25) is 0 Å². The van der Waals surface area contributed by atoms with Crippen LogP contribution in [-0.2, 0) is 16.1 Å². The van der Waals surface area contributed by atoms with Crippen LogP contribution in [0.15, 0.2) is 84.0 Å². The molecule has 33 heavy (non-hydrogen) atoms. The van der Waals surface area contributed by atoms with E-state index < -0.39 is 11.5 Å². The number of hydrogen-bond acceptors (Lipinski definition) is 4. The first-order valence-corrected chi connectivity index (χ1v) is 10.9. The normalized spacial score (nSPS) is 21.1. The summed E-state index contributed by atoms with van der Waals surface area (Å²) < 4.78 is 22.0. The SMILES string of the molecule is COC(=O)[C@@]12Cn3c(c(C)c4ccccc43)C1=NN(c1ccccc1)[C@@H]2c1cccc(F)c1. The summed E-state index contributed by atoms with van der Waals surface area (Å²) >= 11 is 0. The highest BCUT2D eigenvalue weighted by Crippen LogP contribution is 2.55. The maximum Gasteiger partial charge on any atom is 0.322 e. The van der Waals surface area contributed by atoms with E-state index >= 15 is 0 Å². The molecule has 4 aromatic rings. The lowest BCUT2D eigenvalue weighted by Gasteiger charge is -2.34. The summed E-state index contributed by atoms with van der Waals surface area (Å²) in [6.07, 6.45) is 0. The zero-order chi connectivity index (χ0) is 22.7. The average Bonchev–Trinajstić information content (AvgIpc) is 3.44. The molecule has 0 N–H and O–H groups in total. The minimum atomic E-state index is -1.11. The smallest absolute Gasteiger partial charge is 0.322 e. The molecule has 0 amide bonds. The topological polar surface area (TPSA) is 46.8 Å². The molecule has 0 unspecified atom stereocenters. The van der Waals surface area contributed by atoms with E-state index in [1.165, 1.54) is 19.2 Å². The van der Waals surface area contributed by atoms with Crippen LogP contribution in [0.4, 0.5) is 10.1 Å². The molecule has 0 fully saturated rings. The fourth-order valence-electron chi connectivity index (χ4n) is 5.55. The second-order valence-electron chi connectivity index (χ2n) is 8.63. The molecule has 164 valence electrons. The predicted molar refractivity (Wildman–Crippen MR) is 126 cm³/mol. The zero-order valence-corrected chi connectivity index (χ0v) is 18.3. The second-order valence-corrected chi connectivity index (χ2v) is 8.63. The Balaban J connectivity index is 1.67. The molecule has 0 radical (unpaired) electrons. The van der Waals surface area contributed by atoms with Gasteiger partial charge < -0.3 is 9.30 Å². The van der Waals surface area contributed by atoms with E-state index in [1.807, 2.05) is 53.5 Å². The Hall–Kier alpha value is -3.93. The Labute approximate surface area is 190 Å². The minimum absolute atomic E-state index is 0.354. The van der Waals surface area contributed by atoms with Gasteiger partial charge in [0.15, 0.2) is 5.41 Å². The van der Waals surface area contributed by atoms with Crippen molar-refractivity contribution < 1.29 is 13.9 Å². The van der Waals surface area contributed by atoms with Gasteiger partial charge in [-0.05, 0) is 48.4 Å². The number of para-hydroxylation sites is 2. The number of hydrazone groups is 1. The van der Waals surface area contributed by atoms with Gasteiger partial charge in [-0.2, -0.15) is 5.10 Å². The monoisotopic (exact) mass is 439 g/mol. The molecule has 3 heterocycles. The summed E-state index contributed by atoms with van der Waals surface area (Å²) in [5, 5.41) is 8.03. The van der Waals surface area contributed by atoms with Crippen LogP contribution in [-0.4, -0.2) is 23.4 Å². The van der Waals surface area contributed by atoms with Gasteiger partial charge in [0.05, 0.1) is 18.5 Å². The van der Waals surface area contributed by atoms with Gasteiger partial charge in [0.2, 0.25) is 0 Å². The number of halogens is 1. The molecular formula is C27H22FN3O2. The Bertz CT molecular complexity index is 1440. The summed E-state index contributed by atoms with van der Waals surface area (Å²) in [6, 6.07) is 23.7. The van der Waals surface area contributed by atoms with E-state index in [9.17, 15) is 9.18 Å². The molecule has 2 aliphatic rings.